The van der Waals surface area contributed by atoms with E-state index < -0.39 is 0 Å². The zero-order valence-electron chi connectivity index (χ0n) is 10.5. The van der Waals surface area contributed by atoms with Gasteiger partial charge in [-0.1, -0.05) is 6.42 Å². The van der Waals surface area contributed by atoms with Gasteiger partial charge in [0, 0.05) is 18.7 Å². The van der Waals surface area contributed by atoms with Crippen molar-refractivity contribution in [2.75, 3.05) is 33.9 Å². The first kappa shape index (κ1) is 12.9. The van der Waals surface area contributed by atoms with Crippen LogP contribution in [0.4, 0.5) is 0 Å². The summed E-state index contributed by atoms with van der Waals surface area (Å²) in [7, 11) is 4.26. The highest BCUT2D eigenvalue weighted by molar-refractivity contribution is 4.72. The predicted molar refractivity (Wildman–Crippen MR) is 64.2 cm³/mol. The van der Waals surface area contributed by atoms with Gasteiger partial charge in [-0.05, 0) is 46.8 Å². The van der Waals surface area contributed by atoms with E-state index >= 15 is 0 Å². The highest BCUT2D eigenvalue weighted by Gasteiger charge is 2.19. The molecule has 0 saturated carbocycles. The second kappa shape index (κ2) is 7.20. The first-order valence-corrected chi connectivity index (χ1v) is 6.19. The Bertz CT molecular complexity index is 158. The smallest absolute Gasteiger partial charge is 0.0622 e. The van der Waals surface area contributed by atoms with E-state index in [1.807, 2.05) is 7.05 Å². The molecule has 0 bridgehead atoms. The number of hydrogen-bond donors (Lipinski definition) is 1. The van der Waals surface area contributed by atoms with Gasteiger partial charge >= 0.3 is 0 Å². The van der Waals surface area contributed by atoms with E-state index in [2.05, 4.69) is 24.2 Å². The van der Waals surface area contributed by atoms with Gasteiger partial charge in [0.2, 0.25) is 0 Å². The maximum Gasteiger partial charge on any atom is 0.0622 e. The Kier molecular flexibility index (Phi) is 6.22. The average molecular weight is 214 g/mol. The number of unbranched alkanes of at least 4 members (excludes halogenated alkanes) is 1. The molecule has 90 valence electrons. The van der Waals surface area contributed by atoms with Crippen molar-refractivity contribution in [3.05, 3.63) is 0 Å². The molecule has 1 heterocycles. The lowest BCUT2D eigenvalue weighted by Gasteiger charge is -2.22. The van der Waals surface area contributed by atoms with Gasteiger partial charge in [-0.3, -0.25) is 0 Å². The molecule has 3 heteroatoms. The summed E-state index contributed by atoms with van der Waals surface area (Å²) in [6.07, 6.45) is 5.12. The van der Waals surface area contributed by atoms with Crippen LogP contribution in [0.3, 0.4) is 0 Å². The zero-order valence-corrected chi connectivity index (χ0v) is 10.5. The van der Waals surface area contributed by atoms with E-state index in [0.717, 1.165) is 13.2 Å². The molecule has 0 aromatic heterocycles. The van der Waals surface area contributed by atoms with Crippen LogP contribution in [0.5, 0.6) is 0 Å². The molecule has 1 aliphatic heterocycles. The van der Waals surface area contributed by atoms with Gasteiger partial charge in [0.05, 0.1) is 6.61 Å². The molecule has 1 N–H and O–H groups in total. The van der Waals surface area contributed by atoms with Gasteiger partial charge in [-0.15, -0.1) is 0 Å². The van der Waals surface area contributed by atoms with Crippen molar-refractivity contribution in [3.63, 3.8) is 0 Å². The van der Waals surface area contributed by atoms with E-state index in [9.17, 15) is 0 Å². The van der Waals surface area contributed by atoms with Gasteiger partial charge in [-0.25, -0.2) is 0 Å². The summed E-state index contributed by atoms with van der Waals surface area (Å²) in [4.78, 5) is 2.46. The van der Waals surface area contributed by atoms with Crippen molar-refractivity contribution in [1.29, 1.82) is 0 Å². The quantitative estimate of drug-likeness (QED) is 0.650. The minimum atomic E-state index is 0.658. The average Bonchev–Trinajstić information content (AvgIpc) is 2.77. The van der Waals surface area contributed by atoms with Crippen molar-refractivity contribution in [3.8, 4) is 0 Å². The van der Waals surface area contributed by atoms with Crippen LogP contribution in [0.25, 0.3) is 0 Å². The maximum atomic E-state index is 5.39. The van der Waals surface area contributed by atoms with Crippen LogP contribution < -0.4 is 5.32 Å². The van der Waals surface area contributed by atoms with E-state index in [4.69, 9.17) is 4.74 Å². The molecule has 1 fully saturated rings. The van der Waals surface area contributed by atoms with Gasteiger partial charge in [0.25, 0.3) is 0 Å². The third-order valence-electron chi connectivity index (χ3n) is 3.42. The van der Waals surface area contributed by atoms with E-state index in [-0.39, 0.29) is 0 Å². The molecule has 1 aliphatic rings. The zero-order chi connectivity index (χ0) is 11.1. The third-order valence-corrected chi connectivity index (χ3v) is 3.42. The molecular formula is C12H26N2O. The number of likely N-dealkylation sites (N-methyl/N-ethyl adjacent to an activating group) is 1. The third kappa shape index (κ3) is 4.96. The second-order valence-corrected chi connectivity index (χ2v) is 4.68. The SMILES string of the molecule is CNC(C)CCCCN(C)C1CCOC1. The van der Waals surface area contributed by atoms with Crippen molar-refractivity contribution in [2.24, 2.45) is 0 Å². The number of ether oxygens (including phenoxy) is 1. The monoisotopic (exact) mass is 214 g/mol. The Labute approximate surface area is 94.2 Å². The van der Waals surface area contributed by atoms with Crippen LogP contribution >= 0.6 is 0 Å². The minimum Gasteiger partial charge on any atom is -0.380 e. The topological polar surface area (TPSA) is 24.5 Å². The summed E-state index contributed by atoms with van der Waals surface area (Å²) in [5.74, 6) is 0. The molecule has 1 rings (SSSR count). The Morgan fingerprint density at radius 1 is 1.47 bits per heavy atom. The molecule has 1 saturated heterocycles. The van der Waals surface area contributed by atoms with Crippen LogP contribution in [0.2, 0.25) is 0 Å². The molecule has 0 aromatic rings. The normalized spacial score (nSPS) is 23.6. The minimum absolute atomic E-state index is 0.658. The Hall–Kier alpha value is -0.120. The highest BCUT2D eigenvalue weighted by Crippen LogP contribution is 2.11. The standard InChI is InChI=1S/C12H26N2O/c1-11(13-2)6-4-5-8-14(3)12-7-9-15-10-12/h11-13H,4-10H2,1-3H3. The van der Waals surface area contributed by atoms with Crippen LogP contribution in [-0.2, 0) is 4.74 Å². The van der Waals surface area contributed by atoms with Gasteiger partial charge in [0.15, 0.2) is 0 Å². The molecule has 0 radical (unpaired) electrons. The fourth-order valence-corrected chi connectivity index (χ4v) is 2.01. The van der Waals surface area contributed by atoms with Crippen LogP contribution in [-0.4, -0.2) is 50.8 Å². The van der Waals surface area contributed by atoms with E-state index in [1.165, 1.54) is 32.2 Å². The van der Waals surface area contributed by atoms with Crippen molar-refractivity contribution >= 4 is 0 Å². The fourth-order valence-electron chi connectivity index (χ4n) is 2.01. The first-order valence-electron chi connectivity index (χ1n) is 6.19. The Balaban J connectivity index is 1.99. The summed E-state index contributed by atoms with van der Waals surface area (Å²) in [6, 6.07) is 1.33. The number of hydrogen-bond acceptors (Lipinski definition) is 3. The first-order chi connectivity index (χ1) is 7.24. The number of nitrogens with one attached hydrogen (secondary N) is 1. The molecule has 0 aliphatic carbocycles. The molecule has 0 spiro atoms. The Morgan fingerprint density at radius 3 is 2.87 bits per heavy atom. The lowest BCUT2D eigenvalue weighted by molar-refractivity contribution is 0.158. The van der Waals surface area contributed by atoms with Crippen molar-refractivity contribution < 1.29 is 4.74 Å². The highest BCUT2D eigenvalue weighted by atomic mass is 16.5. The molecule has 15 heavy (non-hydrogen) atoms. The van der Waals surface area contributed by atoms with Crippen LogP contribution in [0, 0.1) is 0 Å². The lowest BCUT2D eigenvalue weighted by Crippen LogP contribution is -2.32. The summed E-state index contributed by atoms with van der Waals surface area (Å²) in [5, 5.41) is 3.27. The molecule has 2 atom stereocenters. The summed E-state index contributed by atoms with van der Waals surface area (Å²) in [5.41, 5.74) is 0. The summed E-state index contributed by atoms with van der Waals surface area (Å²) >= 11 is 0. The molecule has 0 amide bonds. The van der Waals surface area contributed by atoms with Gasteiger partial charge < -0.3 is 15.0 Å². The van der Waals surface area contributed by atoms with E-state index in [0.29, 0.717) is 12.1 Å². The van der Waals surface area contributed by atoms with Crippen molar-refractivity contribution in [1.82, 2.24) is 10.2 Å². The van der Waals surface area contributed by atoms with E-state index in [1.54, 1.807) is 0 Å². The van der Waals surface area contributed by atoms with Crippen LogP contribution in [0.1, 0.15) is 32.6 Å². The maximum absolute atomic E-state index is 5.39. The predicted octanol–water partition coefficient (Wildman–Crippen LogP) is 1.49. The molecule has 3 nitrogen and oxygen atoms in total. The Morgan fingerprint density at radius 2 is 2.27 bits per heavy atom. The molecule has 0 aromatic carbocycles. The largest absolute Gasteiger partial charge is 0.380 e. The number of nitrogens with zero attached hydrogens (tertiary/aromatic N) is 1. The molecule has 2 unspecified atom stereocenters. The number of rotatable bonds is 7. The van der Waals surface area contributed by atoms with Gasteiger partial charge in [0.1, 0.15) is 0 Å². The van der Waals surface area contributed by atoms with Crippen molar-refractivity contribution in [2.45, 2.75) is 44.7 Å². The second-order valence-electron chi connectivity index (χ2n) is 4.68. The summed E-state index contributed by atoms with van der Waals surface area (Å²) < 4.78 is 5.39. The lowest BCUT2D eigenvalue weighted by atomic mass is 10.1. The van der Waals surface area contributed by atoms with Crippen LogP contribution in [0.15, 0.2) is 0 Å². The fraction of sp³-hybridized carbons (Fsp3) is 1.00. The summed E-state index contributed by atoms with van der Waals surface area (Å²) in [6.45, 7) is 5.34. The molecular weight excluding hydrogens is 188 g/mol. The van der Waals surface area contributed by atoms with Gasteiger partial charge in [-0.2, -0.15) is 0 Å².